The number of nitrogens with zero attached hydrogens (tertiary/aromatic N) is 1. The monoisotopic (exact) mass is 263 g/mol. The minimum Gasteiger partial charge on any atom is -0.389 e. The molecule has 1 fully saturated rings. The number of rotatable bonds is 3. The first kappa shape index (κ1) is 12.8. The molecule has 0 bridgehead atoms. The van der Waals surface area contributed by atoms with Gasteiger partial charge < -0.3 is 16.0 Å². The normalized spacial score (nSPS) is 19.7. The number of anilines is 1. The van der Waals surface area contributed by atoms with Gasteiger partial charge in [-0.1, -0.05) is 24.4 Å². The molecule has 1 aromatic rings. The van der Waals surface area contributed by atoms with Crippen molar-refractivity contribution in [3.8, 4) is 0 Å². The van der Waals surface area contributed by atoms with Gasteiger partial charge in [0.05, 0.1) is 0 Å². The number of carbonyl (C=O) groups excluding carboxylic acids is 1. The molecule has 1 aliphatic heterocycles. The molecule has 0 aliphatic carbocycles. The third kappa shape index (κ3) is 2.79. The van der Waals surface area contributed by atoms with Crippen LogP contribution in [0.15, 0.2) is 24.3 Å². The van der Waals surface area contributed by atoms with Gasteiger partial charge in [0.2, 0.25) is 5.91 Å². The average molecular weight is 263 g/mol. The van der Waals surface area contributed by atoms with Crippen LogP contribution < -0.4 is 11.1 Å². The second-order valence-corrected chi connectivity index (χ2v) is 5.00. The van der Waals surface area contributed by atoms with Crippen LogP contribution >= 0.6 is 12.2 Å². The van der Waals surface area contributed by atoms with Crippen LogP contribution in [0.3, 0.4) is 0 Å². The third-order valence-electron chi connectivity index (χ3n) is 3.18. The first-order chi connectivity index (χ1) is 8.58. The van der Waals surface area contributed by atoms with Gasteiger partial charge in [0.1, 0.15) is 4.99 Å². The zero-order valence-electron chi connectivity index (χ0n) is 10.3. The fraction of sp³-hybridized carbons (Fsp3) is 0.385. The van der Waals surface area contributed by atoms with E-state index in [1.165, 1.54) is 0 Å². The van der Waals surface area contributed by atoms with E-state index in [-0.39, 0.29) is 11.9 Å². The molecule has 96 valence electrons. The van der Waals surface area contributed by atoms with Crippen molar-refractivity contribution in [1.82, 2.24) is 4.90 Å². The van der Waals surface area contributed by atoms with Crippen LogP contribution in [0.2, 0.25) is 0 Å². The van der Waals surface area contributed by atoms with Gasteiger partial charge in [-0.2, -0.15) is 0 Å². The summed E-state index contributed by atoms with van der Waals surface area (Å²) in [7, 11) is 1.83. The highest BCUT2D eigenvalue weighted by atomic mass is 32.1. The zero-order chi connectivity index (χ0) is 13.1. The first-order valence-electron chi connectivity index (χ1n) is 5.97. The van der Waals surface area contributed by atoms with Gasteiger partial charge in [-0.25, -0.2) is 0 Å². The van der Waals surface area contributed by atoms with Crippen LogP contribution in [0.25, 0.3) is 0 Å². The molecule has 0 aromatic heterocycles. The molecule has 1 amide bonds. The third-order valence-corrected chi connectivity index (χ3v) is 3.40. The number of hydrogen-bond acceptors (Lipinski definition) is 3. The van der Waals surface area contributed by atoms with E-state index >= 15 is 0 Å². The molecule has 1 aliphatic rings. The summed E-state index contributed by atoms with van der Waals surface area (Å²) in [6, 6.07) is 7.98. The quantitative estimate of drug-likeness (QED) is 0.808. The maximum Gasteiger partial charge on any atom is 0.222 e. The number of hydrogen-bond donors (Lipinski definition) is 2. The maximum atomic E-state index is 11.4. The Morgan fingerprint density at radius 1 is 1.50 bits per heavy atom. The first-order valence-corrected chi connectivity index (χ1v) is 6.38. The van der Waals surface area contributed by atoms with E-state index in [1.807, 2.05) is 31.3 Å². The lowest BCUT2D eigenvalue weighted by atomic mass is 10.0. The highest BCUT2D eigenvalue weighted by Crippen LogP contribution is 2.19. The molecule has 18 heavy (non-hydrogen) atoms. The van der Waals surface area contributed by atoms with Gasteiger partial charge in [-0.15, -0.1) is 0 Å². The Morgan fingerprint density at radius 3 is 2.89 bits per heavy atom. The Bertz CT molecular complexity index is 475. The summed E-state index contributed by atoms with van der Waals surface area (Å²) >= 11 is 5.03. The number of thiocarbonyl (C=S) groups is 1. The summed E-state index contributed by atoms with van der Waals surface area (Å²) in [5, 5.41) is 3.42. The van der Waals surface area contributed by atoms with Gasteiger partial charge in [-0.3, -0.25) is 4.79 Å². The van der Waals surface area contributed by atoms with Gasteiger partial charge >= 0.3 is 0 Å². The highest BCUT2D eigenvalue weighted by molar-refractivity contribution is 7.80. The van der Waals surface area contributed by atoms with E-state index in [2.05, 4.69) is 5.32 Å². The van der Waals surface area contributed by atoms with Crippen LogP contribution in [0, 0.1) is 0 Å². The molecule has 3 N–H and O–H groups in total. The number of benzene rings is 1. The molecule has 1 unspecified atom stereocenters. The standard InChI is InChI=1S/C13H17N3OS/c1-16-8-9(6-7-12(16)17)15-11-5-3-2-4-10(11)13(14)18/h2-5,9,15H,6-8H2,1H3,(H2,14,18). The predicted molar refractivity (Wildman–Crippen MR) is 76.6 cm³/mol. The molecule has 2 rings (SSSR count). The van der Waals surface area contributed by atoms with Crippen LogP contribution in [0.4, 0.5) is 5.69 Å². The van der Waals surface area contributed by atoms with E-state index in [1.54, 1.807) is 4.90 Å². The van der Waals surface area contributed by atoms with E-state index < -0.39 is 0 Å². The van der Waals surface area contributed by atoms with Crippen molar-refractivity contribution in [3.05, 3.63) is 29.8 Å². The van der Waals surface area contributed by atoms with E-state index in [4.69, 9.17) is 18.0 Å². The number of nitrogens with two attached hydrogens (primary N) is 1. The Balaban J connectivity index is 2.10. The maximum absolute atomic E-state index is 11.4. The molecule has 0 spiro atoms. The Morgan fingerprint density at radius 2 is 2.22 bits per heavy atom. The van der Waals surface area contributed by atoms with Crippen molar-refractivity contribution in [2.45, 2.75) is 18.9 Å². The summed E-state index contributed by atoms with van der Waals surface area (Å²) in [5.41, 5.74) is 7.49. The summed E-state index contributed by atoms with van der Waals surface area (Å²) in [4.78, 5) is 13.6. The minimum atomic E-state index is 0.204. The van der Waals surface area contributed by atoms with Crippen molar-refractivity contribution in [2.24, 2.45) is 5.73 Å². The molecule has 1 saturated heterocycles. The molecular formula is C13H17N3OS. The number of carbonyl (C=O) groups is 1. The fourth-order valence-electron chi connectivity index (χ4n) is 2.17. The summed E-state index contributed by atoms with van der Waals surface area (Å²) in [6.45, 7) is 0.713. The average Bonchev–Trinajstić information content (AvgIpc) is 2.34. The van der Waals surface area contributed by atoms with E-state index in [0.29, 0.717) is 18.0 Å². The zero-order valence-corrected chi connectivity index (χ0v) is 11.2. The highest BCUT2D eigenvalue weighted by Gasteiger charge is 2.23. The van der Waals surface area contributed by atoms with Crippen molar-refractivity contribution < 1.29 is 4.79 Å². The number of likely N-dealkylation sites (tertiary alicyclic amines) is 1. The lowest BCUT2D eigenvalue weighted by molar-refractivity contribution is -0.132. The van der Waals surface area contributed by atoms with Crippen LogP contribution in [-0.4, -0.2) is 35.4 Å². The lowest BCUT2D eigenvalue weighted by Crippen LogP contribution is -2.43. The Labute approximate surface area is 112 Å². The molecule has 4 nitrogen and oxygen atoms in total. The van der Waals surface area contributed by atoms with Gasteiger partial charge in [0, 0.05) is 37.3 Å². The molecule has 5 heteroatoms. The Hall–Kier alpha value is -1.62. The molecular weight excluding hydrogens is 246 g/mol. The van der Waals surface area contributed by atoms with Crippen molar-refractivity contribution >= 4 is 28.8 Å². The van der Waals surface area contributed by atoms with Crippen molar-refractivity contribution in [2.75, 3.05) is 18.9 Å². The van der Waals surface area contributed by atoms with Gasteiger partial charge in [0.15, 0.2) is 0 Å². The summed E-state index contributed by atoms with van der Waals surface area (Å²) in [6.07, 6.45) is 1.43. The SMILES string of the molecule is CN1CC(Nc2ccccc2C(N)=S)CCC1=O. The second-order valence-electron chi connectivity index (χ2n) is 4.56. The topological polar surface area (TPSA) is 58.4 Å². The lowest BCUT2D eigenvalue weighted by Gasteiger charge is -2.31. The van der Waals surface area contributed by atoms with Crippen LogP contribution in [-0.2, 0) is 4.79 Å². The van der Waals surface area contributed by atoms with Gasteiger partial charge in [0.25, 0.3) is 0 Å². The molecule has 0 saturated carbocycles. The molecule has 1 heterocycles. The molecule has 1 aromatic carbocycles. The van der Waals surface area contributed by atoms with E-state index in [0.717, 1.165) is 17.7 Å². The van der Waals surface area contributed by atoms with E-state index in [9.17, 15) is 4.79 Å². The minimum absolute atomic E-state index is 0.204. The largest absolute Gasteiger partial charge is 0.389 e. The smallest absolute Gasteiger partial charge is 0.222 e. The van der Waals surface area contributed by atoms with Crippen molar-refractivity contribution in [3.63, 3.8) is 0 Å². The second kappa shape index (κ2) is 5.35. The number of piperidine rings is 1. The number of nitrogens with one attached hydrogen (secondary N) is 1. The number of para-hydroxylation sites is 1. The number of amides is 1. The summed E-state index contributed by atoms with van der Waals surface area (Å²) in [5.74, 6) is 0.204. The number of likely N-dealkylation sites (N-methyl/N-ethyl adjacent to an activating group) is 1. The Kier molecular flexibility index (Phi) is 3.81. The van der Waals surface area contributed by atoms with Gasteiger partial charge in [-0.05, 0) is 18.6 Å². The van der Waals surface area contributed by atoms with Crippen molar-refractivity contribution in [1.29, 1.82) is 0 Å². The van der Waals surface area contributed by atoms with Crippen LogP contribution in [0.5, 0.6) is 0 Å². The predicted octanol–water partition coefficient (Wildman–Crippen LogP) is 1.35. The van der Waals surface area contributed by atoms with Crippen LogP contribution in [0.1, 0.15) is 18.4 Å². The fourth-order valence-corrected chi connectivity index (χ4v) is 2.35. The molecule has 0 radical (unpaired) electrons. The summed E-state index contributed by atoms with van der Waals surface area (Å²) < 4.78 is 0. The molecule has 1 atom stereocenters.